The monoisotopic (exact) mass is 133 g/mol. The molecule has 0 saturated heterocycles. The molecule has 9 heavy (non-hydrogen) atoms. The van der Waals surface area contributed by atoms with Gasteiger partial charge in [0.15, 0.2) is 0 Å². The summed E-state index contributed by atoms with van der Waals surface area (Å²) in [6, 6.07) is -0.167. The average molecular weight is 133 g/mol. The average Bonchev–Trinajstić information content (AvgIpc) is 1.83. The van der Waals surface area contributed by atoms with Crippen LogP contribution in [0.15, 0.2) is 0 Å². The lowest BCUT2D eigenvalue weighted by molar-refractivity contribution is 0.170. The fourth-order valence-electron chi connectivity index (χ4n) is 0.547. The van der Waals surface area contributed by atoms with E-state index >= 15 is 0 Å². The van der Waals surface area contributed by atoms with E-state index in [1.165, 1.54) is 0 Å². The number of hydrogen-bond donors (Lipinski definition) is 3. The Morgan fingerprint density at radius 2 is 2.00 bits per heavy atom. The summed E-state index contributed by atoms with van der Waals surface area (Å²) in [4.78, 5) is 0. The minimum absolute atomic E-state index is 0.00667. The molecule has 56 valence electrons. The first-order valence-corrected chi connectivity index (χ1v) is 3.21. The van der Waals surface area contributed by atoms with Crippen molar-refractivity contribution < 1.29 is 10.2 Å². The van der Waals surface area contributed by atoms with Crippen molar-refractivity contribution in [1.29, 1.82) is 0 Å². The van der Waals surface area contributed by atoms with Gasteiger partial charge in [-0.25, -0.2) is 0 Å². The Balaban J connectivity index is 3.06. The molecule has 0 aliphatic rings. The van der Waals surface area contributed by atoms with E-state index in [0.29, 0.717) is 12.8 Å². The Kier molecular flexibility index (Phi) is 4.67. The third kappa shape index (κ3) is 5.76. The van der Waals surface area contributed by atoms with Crippen LogP contribution in [-0.2, 0) is 0 Å². The summed E-state index contributed by atoms with van der Waals surface area (Å²) in [5, 5.41) is 17.2. The van der Waals surface area contributed by atoms with Gasteiger partial charge in [0.25, 0.3) is 0 Å². The second kappa shape index (κ2) is 4.73. The molecule has 0 heterocycles. The molecule has 0 aromatic carbocycles. The predicted molar refractivity (Wildman–Crippen MR) is 36.0 cm³/mol. The predicted octanol–water partition coefficient (Wildman–Crippen LogP) is -0.533. The van der Waals surface area contributed by atoms with Crippen LogP contribution in [0.25, 0.3) is 0 Å². The van der Waals surface area contributed by atoms with E-state index in [1.54, 1.807) is 6.92 Å². The fraction of sp³-hybridized carbons (Fsp3) is 1.00. The Morgan fingerprint density at radius 3 is 2.33 bits per heavy atom. The van der Waals surface area contributed by atoms with Crippen LogP contribution in [0.3, 0.4) is 0 Å². The molecule has 0 radical (unpaired) electrons. The summed E-state index contributed by atoms with van der Waals surface area (Å²) in [7, 11) is 0. The smallest absolute Gasteiger partial charge is 0.0582 e. The molecule has 0 aliphatic carbocycles. The van der Waals surface area contributed by atoms with E-state index in [-0.39, 0.29) is 18.8 Å². The molecular weight excluding hydrogens is 118 g/mol. The van der Waals surface area contributed by atoms with Gasteiger partial charge in [-0.15, -0.1) is 0 Å². The highest BCUT2D eigenvalue weighted by Crippen LogP contribution is 1.97. The van der Waals surface area contributed by atoms with Crippen molar-refractivity contribution in [3.05, 3.63) is 0 Å². The first kappa shape index (κ1) is 8.88. The molecular formula is C6H15NO2. The minimum atomic E-state index is -0.303. The van der Waals surface area contributed by atoms with E-state index in [4.69, 9.17) is 15.9 Å². The molecule has 0 rings (SSSR count). The number of nitrogens with two attached hydrogens (primary N) is 1. The van der Waals surface area contributed by atoms with Gasteiger partial charge in [-0.05, 0) is 19.8 Å². The van der Waals surface area contributed by atoms with Crippen molar-refractivity contribution in [2.45, 2.75) is 31.9 Å². The van der Waals surface area contributed by atoms with Crippen LogP contribution < -0.4 is 5.73 Å². The third-order valence-corrected chi connectivity index (χ3v) is 1.19. The normalized spacial score (nSPS) is 17.3. The summed E-state index contributed by atoms with van der Waals surface area (Å²) < 4.78 is 0. The second-order valence-electron chi connectivity index (χ2n) is 2.37. The van der Waals surface area contributed by atoms with E-state index in [0.717, 1.165) is 0 Å². The summed E-state index contributed by atoms with van der Waals surface area (Å²) in [6.45, 7) is 1.72. The Labute approximate surface area is 55.5 Å². The van der Waals surface area contributed by atoms with Crippen LogP contribution in [0, 0.1) is 0 Å². The van der Waals surface area contributed by atoms with Crippen LogP contribution in [0.2, 0.25) is 0 Å². The van der Waals surface area contributed by atoms with Crippen LogP contribution in [0.5, 0.6) is 0 Å². The van der Waals surface area contributed by atoms with E-state index in [1.807, 2.05) is 0 Å². The van der Waals surface area contributed by atoms with Crippen molar-refractivity contribution in [3.63, 3.8) is 0 Å². The zero-order valence-electron chi connectivity index (χ0n) is 5.75. The van der Waals surface area contributed by atoms with E-state index in [9.17, 15) is 0 Å². The molecule has 0 spiro atoms. The molecule has 0 aliphatic heterocycles. The van der Waals surface area contributed by atoms with Gasteiger partial charge in [0.2, 0.25) is 0 Å². The summed E-state index contributed by atoms with van der Waals surface area (Å²) in [6.07, 6.45) is 1.05. The van der Waals surface area contributed by atoms with Gasteiger partial charge in [-0.2, -0.15) is 0 Å². The molecule has 0 bridgehead atoms. The van der Waals surface area contributed by atoms with Crippen molar-refractivity contribution in [1.82, 2.24) is 0 Å². The first-order chi connectivity index (χ1) is 4.16. The SMILES string of the molecule is CC(O)CC[C@H](N)CO. The van der Waals surface area contributed by atoms with Crippen molar-refractivity contribution >= 4 is 0 Å². The molecule has 1 unspecified atom stereocenters. The lowest BCUT2D eigenvalue weighted by Gasteiger charge is -2.08. The zero-order valence-corrected chi connectivity index (χ0v) is 5.75. The van der Waals surface area contributed by atoms with Gasteiger partial charge in [0.1, 0.15) is 0 Å². The van der Waals surface area contributed by atoms with Gasteiger partial charge in [0, 0.05) is 6.04 Å². The Morgan fingerprint density at radius 1 is 1.44 bits per heavy atom. The quantitative estimate of drug-likeness (QED) is 0.483. The first-order valence-electron chi connectivity index (χ1n) is 3.21. The fourth-order valence-corrected chi connectivity index (χ4v) is 0.547. The summed E-state index contributed by atoms with van der Waals surface area (Å²) >= 11 is 0. The highest BCUT2D eigenvalue weighted by Gasteiger charge is 2.01. The maximum atomic E-state index is 8.76. The molecule has 0 amide bonds. The lowest BCUT2D eigenvalue weighted by Crippen LogP contribution is -2.25. The maximum absolute atomic E-state index is 8.76. The Bertz CT molecular complexity index is 66.1. The van der Waals surface area contributed by atoms with Gasteiger partial charge in [-0.3, -0.25) is 0 Å². The van der Waals surface area contributed by atoms with Crippen molar-refractivity contribution in [3.8, 4) is 0 Å². The van der Waals surface area contributed by atoms with E-state index in [2.05, 4.69) is 0 Å². The second-order valence-corrected chi connectivity index (χ2v) is 2.37. The van der Waals surface area contributed by atoms with Gasteiger partial charge in [-0.1, -0.05) is 0 Å². The highest BCUT2D eigenvalue weighted by molar-refractivity contribution is 4.60. The molecule has 0 aromatic heterocycles. The molecule has 4 N–H and O–H groups in total. The van der Waals surface area contributed by atoms with Gasteiger partial charge < -0.3 is 15.9 Å². The largest absolute Gasteiger partial charge is 0.395 e. The molecule has 0 fully saturated rings. The maximum Gasteiger partial charge on any atom is 0.0582 e. The molecule has 3 nitrogen and oxygen atoms in total. The van der Waals surface area contributed by atoms with Crippen LogP contribution in [-0.4, -0.2) is 29.0 Å². The molecule has 3 heteroatoms. The Hall–Kier alpha value is -0.120. The topological polar surface area (TPSA) is 66.5 Å². The minimum Gasteiger partial charge on any atom is -0.395 e. The summed E-state index contributed by atoms with van der Waals surface area (Å²) in [5.74, 6) is 0. The highest BCUT2D eigenvalue weighted by atomic mass is 16.3. The van der Waals surface area contributed by atoms with Gasteiger partial charge in [0.05, 0.1) is 12.7 Å². The lowest BCUT2D eigenvalue weighted by atomic mass is 10.1. The van der Waals surface area contributed by atoms with Crippen molar-refractivity contribution in [2.24, 2.45) is 5.73 Å². The number of rotatable bonds is 4. The zero-order chi connectivity index (χ0) is 7.28. The standard InChI is InChI=1S/C6H15NO2/c1-5(9)2-3-6(7)4-8/h5-6,8-9H,2-4,7H2,1H3/t5?,6-/m0/s1. The number of hydrogen-bond acceptors (Lipinski definition) is 3. The molecule has 0 aromatic rings. The number of aliphatic hydroxyl groups excluding tert-OH is 2. The van der Waals surface area contributed by atoms with Crippen molar-refractivity contribution in [2.75, 3.05) is 6.61 Å². The van der Waals surface area contributed by atoms with E-state index < -0.39 is 0 Å². The van der Waals surface area contributed by atoms with Crippen LogP contribution in [0.4, 0.5) is 0 Å². The third-order valence-electron chi connectivity index (χ3n) is 1.19. The van der Waals surface area contributed by atoms with Gasteiger partial charge >= 0.3 is 0 Å². The van der Waals surface area contributed by atoms with Crippen LogP contribution in [0.1, 0.15) is 19.8 Å². The molecule has 0 saturated carbocycles. The van der Waals surface area contributed by atoms with Crippen LogP contribution >= 0.6 is 0 Å². The number of aliphatic hydroxyl groups is 2. The molecule has 2 atom stereocenters. The summed E-state index contributed by atoms with van der Waals surface area (Å²) in [5.41, 5.74) is 5.36.